The lowest BCUT2D eigenvalue weighted by Gasteiger charge is -1.96. The highest BCUT2D eigenvalue weighted by Crippen LogP contribution is 2.05. The summed E-state index contributed by atoms with van der Waals surface area (Å²) in [5, 5.41) is 0. The summed E-state index contributed by atoms with van der Waals surface area (Å²) in [5.74, 6) is 0.515. The zero-order chi connectivity index (χ0) is 8.10. The zero-order valence-corrected chi connectivity index (χ0v) is 7.43. The van der Waals surface area contributed by atoms with Gasteiger partial charge in [0, 0.05) is 5.71 Å². The number of allylic oxidation sites excluding steroid dienone is 3. The van der Waals surface area contributed by atoms with Gasteiger partial charge in [-0.15, -0.1) is 11.6 Å². The van der Waals surface area contributed by atoms with E-state index in [1.807, 2.05) is 12.2 Å². The molecule has 1 rings (SSSR count). The number of rotatable bonds is 2. The van der Waals surface area contributed by atoms with Crippen LogP contribution < -0.4 is 0 Å². The van der Waals surface area contributed by atoms with Gasteiger partial charge in [-0.1, -0.05) is 19.1 Å². The van der Waals surface area contributed by atoms with E-state index in [0.717, 1.165) is 18.7 Å². The first-order valence-corrected chi connectivity index (χ1v) is 4.35. The molecule has 0 atom stereocenters. The number of hydrogen-bond donors (Lipinski definition) is 0. The summed E-state index contributed by atoms with van der Waals surface area (Å²) in [6.45, 7) is 2.95. The Morgan fingerprint density at radius 1 is 1.64 bits per heavy atom. The summed E-state index contributed by atoms with van der Waals surface area (Å²) in [5.41, 5.74) is 2.34. The van der Waals surface area contributed by atoms with Crippen LogP contribution in [0, 0.1) is 0 Å². The first-order valence-electron chi connectivity index (χ1n) is 3.82. The van der Waals surface area contributed by atoms with E-state index in [1.54, 1.807) is 0 Å². The van der Waals surface area contributed by atoms with Gasteiger partial charge in [-0.05, 0) is 18.1 Å². The van der Waals surface area contributed by atoms with Gasteiger partial charge in [0.2, 0.25) is 0 Å². The fraction of sp³-hybridized carbons (Fsp3) is 0.444. The molecule has 0 saturated heterocycles. The van der Waals surface area contributed by atoms with Crippen LogP contribution in [0.2, 0.25) is 0 Å². The smallest absolute Gasteiger partial charge is 0.0643 e. The molecular weight excluding hydrogens is 158 g/mol. The molecule has 0 aromatic rings. The van der Waals surface area contributed by atoms with E-state index in [2.05, 4.69) is 18.0 Å². The largest absolute Gasteiger partial charge is 0.284 e. The van der Waals surface area contributed by atoms with Crippen LogP contribution in [-0.4, -0.2) is 18.1 Å². The number of alkyl halides is 1. The lowest BCUT2D eigenvalue weighted by Crippen LogP contribution is -1.96. The molecule has 0 aromatic heterocycles. The van der Waals surface area contributed by atoms with Crippen LogP contribution in [-0.2, 0) is 0 Å². The van der Waals surface area contributed by atoms with Crippen molar-refractivity contribution in [1.29, 1.82) is 0 Å². The van der Waals surface area contributed by atoms with Crippen LogP contribution in [0.15, 0.2) is 28.8 Å². The predicted molar refractivity (Wildman–Crippen MR) is 50.5 cm³/mol. The first kappa shape index (κ1) is 8.54. The Bertz CT molecular complexity index is 214. The molecule has 1 aliphatic heterocycles. The molecule has 0 amide bonds. The highest BCUT2D eigenvalue weighted by atomic mass is 35.5. The van der Waals surface area contributed by atoms with E-state index >= 15 is 0 Å². The van der Waals surface area contributed by atoms with Crippen molar-refractivity contribution in [3.8, 4) is 0 Å². The maximum atomic E-state index is 5.64. The van der Waals surface area contributed by atoms with E-state index in [9.17, 15) is 0 Å². The standard InChI is InChI=1S/C9H12ClN/c1-2-8-4-3-5-9(6-10)11-7-8/h3-5H,2,6-7H2,1H3. The molecule has 0 aliphatic carbocycles. The molecule has 0 fully saturated rings. The van der Waals surface area contributed by atoms with Crippen LogP contribution in [0.25, 0.3) is 0 Å². The zero-order valence-electron chi connectivity index (χ0n) is 6.68. The molecule has 1 aliphatic rings. The quantitative estimate of drug-likeness (QED) is 0.564. The van der Waals surface area contributed by atoms with Gasteiger partial charge in [-0.2, -0.15) is 0 Å². The van der Waals surface area contributed by atoms with Crippen molar-refractivity contribution < 1.29 is 0 Å². The number of nitrogens with zero attached hydrogens (tertiary/aromatic N) is 1. The van der Waals surface area contributed by atoms with Crippen LogP contribution in [0.3, 0.4) is 0 Å². The van der Waals surface area contributed by atoms with Gasteiger partial charge >= 0.3 is 0 Å². The van der Waals surface area contributed by atoms with Crippen LogP contribution in [0.5, 0.6) is 0 Å². The molecular formula is C9H12ClN. The summed E-state index contributed by atoms with van der Waals surface area (Å²) in [4.78, 5) is 4.32. The number of hydrogen-bond acceptors (Lipinski definition) is 1. The Labute approximate surface area is 72.5 Å². The van der Waals surface area contributed by atoms with Crippen molar-refractivity contribution in [1.82, 2.24) is 0 Å². The van der Waals surface area contributed by atoms with Crippen molar-refractivity contribution >= 4 is 17.3 Å². The van der Waals surface area contributed by atoms with E-state index in [-0.39, 0.29) is 0 Å². The van der Waals surface area contributed by atoms with Gasteiger partial charge in [0.1, 0.15) is 0 Å². The molecule has 0 radical (unpaired) electrons. The highest BCUT2D eigenvalue weighted by molar-refractivity contribution is 6.30. The summed E-state index contributed by atoms with van der Waals surface area (Å²) < 4.78 is 0. The molecule has 0 aromatic carbocycles. The summed E-state index contributed by atoms with van der Waals surface area (Å²) in [6, 6.07) is 0. The fourth-order valence-corrected chi connectivity index (χ4v) is 1.09. The Hall–Kier alpha value is -0.560. The van der Waals surface area contributed by atoms with Crippen molar-refractivity contribution in [2.45, 2.75) is 13.3 Å². The van der Waals surface area contributed by atoms with Crippen molar-refractivity contribution in [2.75, 3.05) is 12.4 Å². The lowest BCUT2D eigenvalue weighted by molar-refractivity contribution is 1.01. The van der Waals surface area contributed by atoms with Gasteiger partial charge in [-0.25, -0.2) is 0 Å². The van der Waals surface area contributed by atoms with Gasteiger partial charge < -0.3 is 0 Å². The summed E-state index contributed by atoms with van der Waals surface area (Å²) in [7, 11) is 0. The molecule has 0 spiro atoms. The fourth-order valence-electron chi connectivity index (χ4n) is 0.920. The molecule has 0 N–H and O–H groups in total. The van der Waals surface area contributed by atoms with Crippen LogP contribution in [0.1, 0.15) is 13.3 Å². The second-order valence-corrected chi connectivity index (χ2v) is 2.75. The average molecular weight is 170 g/mol. The second kappa shape index (κ2) is 4.35. The average Bonchev–Trinajstić information content (AvgIpc) is 2.28. The maximum Gasteiger partial charge on any atom is 0.0643 e. The molecule has 60 valence electrons. The van der Waals surface area contributed by atoms with Gasteiger partial charge in [0.25, 0.3) is 0 Å². The summed E-state index contributed by atoms with van der Waals surface area (Å²) >= 11 is 5.64. The van der Waals surface area contributed by atoms with Gasteiger partial charge in [0.15, 0.2) is 0 Å². The van der Waals surface area contributed by atoms with E-state index in [0.29, 0.717) is 5.88 Å². The first-order chi connectivity index (χ1) is 5.36. The molecule has 1 heterocycles. The van der Waals surface area contributed by atoms with Crippen LogP contribution in [0.4, 0.5) is 0 Å². The number of aliphatic imine (C=N–C) groups is 1. The molecule has 11 heavy (non-hydrogen) atoms. The monoisotopic (exact) mass is 169 g/mol. The van der Waals surface area contributed by atoms with Gasteiger partial charge in [0.05, 0.1) is 12.4 Å². The number of halogens is 1. The van der Waals surface area contributed by atoms with Crippen molar-refractivity contribution in [2.24, 2.45) is 4.99 Å². The van der Waals surface area contributed by atoms with E-state index < -0.39 is 0 Å². The van der Waals surface area contributed by atoms with Crippen molar-refractivity contribution in [3.05, 3.63) is 23.8 Å². The SMILES string of the molecule is CCC1=CC=CC(CCl)=NC1. The second-order valence-electron chi connectivity index (χ2n) is 2.48. The topological polar surface area (TPSA) is 12.4 Å². The molecule has 0 bridgehead atoms. The molecule has 2 heteroatoms. The molecule has 0 saturated carbocycles. The predicted octanol–water partition coefficient (Wildman–Crippen LogP) is 2.57. The normalized spacial score (nSPS) is 17.3. The minimum absolute atomic E-state index is 0.515. The highest BCUT2D eigenvalue weighted by Gasteiger charge is 1.97. The molecule has 1 nitrogen and oxygen atoms in total. The lowest BCUT2D eigenvalue weighted by atomic mass is 10.2. The third-order valence-electron chi connectivity index (χ3n) is 1.70. The Morgan fingerprint density at radius 2 is 2.45 bits per heavy atom. The van der Waals surface area contributed by atoms with Crippen molar-refractivity contribution in [3.63, 3.8) is 0 Å². The Kier molecular flexibility index (Phi) is 3.37. The van der Waals surface area contributed by atoms with Gasteiger partial charge in [-0.3, -0.25) is 4.99 Å². The third-order valence-corrected chi connectivity index (χ3v) is 1.97. The van der Waals surface area contributed by atoms with E-state index in [1.165, 1.54) is 5.57 Å². The molecule has 0 unspecified atom stereocenters. The van der Waals surface area contributed by atoms with Crippen LogP contribution >= 0.6 is 11.6 Å². The third kappa shape index (κ3) is 2.51. The summed E-state index contributed by atoms with van der Waals surface area (Å²) in [6.07, 6.45) is 7.18. The minimum atomic E-state index is 0.515. The maximum absolute atomic E-state index is 5.64. The Balaban J connectivity index is 2.66. The Morgan fingerprint density at radius 3 is 3.09 bits per heavy atom. The minimum Gasteiger partial charge on any atom is -0.284 e. The van der Waals surface area contributed by atoms with E-state index in [4.69, 9.17) is 11.6 Å².